The van der Waals surface area contributed by atoms with Gasteiger partial charge in [0.25, 0.3) is 0 Å². The van der Waals surface area contributed by atoms with Gasteiger partial charge in [0, 0.05) is 51.7 Å². The summed E-state index contributed by atoms with van der Waals surface area (Å²) in [7, 11) is 0. The van der Waals surface area contributed by atoms with Crippen LogP contribution < -0.4 is 0 Å². The van der Waals surface area contributed by atoms with Gasteiger partial charge in [0.1, 0.15) is 0 Å². The van der Waals surface area contributed by atoms with E-state index in [4.69, 9.17) is 11.6 Å². The summed E-state index contributed by atoms with van der Waals surface area (Å²) < 4.78 is 0. The van der Waals surface area contributed by atoms with Crippen LogP contribution in [0.25, 0.3) is 0 Å². The molecular formula is C12H24ClN3. The number of halogens is 1. The van der Waals surface area contributed by atoms with Crippen LogP contribution in [0.3, 0.4) is 0 Å². The number of piperazine rings is 1. The van der Waals surface area contributed by atoms with Crippen molar-refractivity contribution in [1.29, 1.82) is 0 Å². The molecule has 0 radical (unpaired) electrons. The first-order chi connectivity index (χ1) is 7.88. The van der Waals surface area contributed by atoms with Crippen molar-refractivity contribution in [2.24, 2.45) is 0 Å². The van der Waals surface area contributed by atoms with Gasteiger partial charge in [0.15, 0.2) is 0 Å². The van der Waals surface area contributed by atoms with Gasteiger partial charge in [0.05, 0.1) is 0 Å². The summed E-state index contributed by atoms with van der Waals surface area (Å²) in [4.78, 5) is 7.67. The quantitative estimate of drug-likeness (QED) is 0.668. The highest BCUT2D eigenvalue weighted by Gasteiger charge is 2.17. The first-order valence-electron chi connectivity index (χ1n) is 6.61. The molecule has 0 aliphatic carbocycles. The normalized spacial score (nSPS) is 25.3. The predicted octanol–water partition coefficient (Wildman–Crippen LogP) is 0.939. The molecule has 0 unspecified atom stereocenters. The Morgan fingerprint density at radius 3 is 1.56 bits per heavy atom. The summed E-state index contributed by atoms with van der Waals surface area (Å²) in [5.74, 6) is 0.772. The molecule has 0 bridgehead atoms. The van der Waals surface area contributed by atoms with E-state index in [-0.39, 0.29) is 0 Å². The first-order valence-corrected chi connectivity index (χ1v) is 7.15. The van der Waals surface area contributed by atoms with E-state index < -0.39 is 0 Å². The molecule has 0 amide bonds. The van der Waals surface area contributed by atoms with Gasteiger partial charge in [-0.2, -0.15) is 0 Å². The Bertz CT molecular complexity index is 187. The highest BCUT2D eigenvalue weighted by Crippen LogP contribution is 2.08. The fourth-order valence-corrected chi connectivity index (χ4v) is 2.88. The molecular weight excluding hydrogens is 222 g/mol. The van der Waals surface area contributed by atoms with Crippen LogP contribution in [0.4, 0.5) is 0 Å². The Hall–Kier alpha value is 0.170. The van der Waals surface area contributed by atoms with E-state index >= 15 is 0 Å². The minimum Gasteiger partial charge on any atom is -0.302 e. The van der Waals surface area contributed by atoms with Crippen molar-refractivity contribution < 1.29 is 0 Å². The molecule has 0 N–H and O–H groups in total. The Labute approximate surface area is 104 Å². The van der Waals surface area contributed by atoms with Crippen LogP contribution in [-0.2, 0) is 0 Å². The van der Waals surface area contributed by atoms with Crippen LogP contribution in [0.15, 0.2) is 0 Å². The third-order valence-corrected chi connectivity index (χ3v) is 3.97. The molecule has 3 nitrogen and oxygen atoms in total. The Morgan fingerprint density at radius 2 is 1.06 bits per heavy atom. The summed E-state index contributed by atoms with van der Waals surface area (Å²) in [5.41, 5.74) is 0. The maximum atomic E-state index is 5.76. The van der Waals surface area contributed by atoms with Gasteiger partial charge in [-0.3, -0.25) is 9.80 Å². The lowest BCUT2D eigenvalue weighted by atomic mass is 10.3. The molecule has 0 saturated carbocycles. The maximum Gasteiger partial charge on any atom is 0.0351 e. The molecule has 2 aliphatic rings. The molecule has 0 aromatic heterocycles. The van der Waals surface area contributed by atoms with Crippen molar-refractivity contribution >= 4 is 11.6 Å². The molecule has 2 heterocycles. The fraction of sp³-hybridized carbons (Fsp3) is 1.00. The lowest BCUT2D eigenvalue weighted by Gasteiger charge is -2.35. The van der Waals surface area contributed by atoms with Crippen LogP contribution in [0, 0.1) is 0 Å². The molecule has 0 atom stereocenters. The third-order valence-electron chi connectivity index (χ3n) is 3.80. The summed E-state index contributed by atoms with van der Waals surface area (Å²) in [5, 5.41) is 0. The van der Waals surface area contributed by atoms with Crippen molar-refractivity contribution in [2.75, 3.05) is 64.8 Å². The second-order valence-electron chi connectivity index (χ2n) is 4.92. The van der Waals surface area contributed by atoms with E-state index in [9.17, 15) is 0 Å². The van der Waals surface area contributed by atoms with Gasteiger partial charge in [0.2, 0.25) is 0 Å². The van der Waals surface area contributed by atoms with Crippen LogP contribution in [0.2, 0.25) is 0 Å². The van der Waals surface area contributed by atoms with E-state index in [0.717, 1.165) is 12.4 Å². The molecule has 2 fully saturated rings. The van der Waals surface area contributed by atoms with Crippen LogP contribution in [-0.4, -0.2) is 79.5 Å². The summed E-state index contributed by atoms with van der Waals surface area (Å²) in [6, 6.07) is 0. The van der Waals surface area contributed by atoms with Gasteiger partial charge in [-0.25, -0.2) is 0 Å². The molecule has 2 aliphatic heterocycles. The van der Waals surface area contributed by atoms with Crippen molar-refractivity contribution in [3.8, 4) is 0 Å². The average molecular weight is 246 g/mol. The highest BCUT2D eigenvalue weighted by atomic mass is 35.5. The number of hydrogen-bond acceptors (Lipinski definition) is 3. The molecule has 0 aromatic carbocycles. The number of rotatable bonds is 5. The topological polar surface area (TPSA) is 9.72 Å². The van der Waals surface area contributed by atoms with E-state index in [0.29, 0.717) is 0 Å². The molecule has 2 saturated heterocycles. The van der Waals surface area contributed by atoms with E-state index in [1.807, 2.05) is 0 Å². The Kier molecular flexibility index (Phi) is 5.36. The molecule has 94 valence electrons. The second-order valence-corrected chi connectivity index (χ2v) is 5.30. The zero-order valence-electron chi connectivity index (χ0n) is 10.2. The monoisotopic (exact) mass is 245 g/mol. The van der Waals surface area contributed by atoms with E-state index in [1.165, 1.54) is 65.2 Å². The smallest absolute Gasteiger partial charge is 0.0351 e. The summed E-state index contributed by atoms with van der Waals surface area (Å²) >= 11 is 5.76. The van der Waals surface area contributed by atoms with Crippen molar-refractivity contribution in [2.45, 2.75) is 12.8 Å². The number of hydrogen-bond donors (Lipinski definition) is 0. The van der Waals surface area contributed by atoms with Crippen LogP contribution >= 0.6 is 11.6 Å². The van der Waals surface area contributed by atoms with Crippen molar-refractivity contribution in [3.05, 3.63) is 0 Å². The SMILES string of the molecule is ClCCN1CCN(CCN2CCCC2)CC1. The molecule has 2 rings (SSSR count). The van der Waals surface area contributed by atoms with Gasteiger partial charge in [-0.1, -0.05) is 0 Å². The van der Waals surface area contributed by atoms with Gasteiger partial charge in [-0.05, 0) is 25.9 Å². The van der Waals surface area contributed by atoms with Crippen molar-refractivity contribution in [3.63, 3.8) is 0 Å². The highest BCUT2D eigenvalue weighted by molar-refractivity contribution is 6.18. The maximum absolute atomic E-state index is 5.76. The second kappa shape index (κ2) is 6.80. The zero-order valence-corrected chi connectivity index (χ0v) is 11.0. The lowest BCUT2D eigenvalue weighted by Crippen LogP contribution is -2.48. The molecule has 0 aromatic rings. The summed E-state index contributed by atoms with van der Waals surface area (Å²) in [6.45, 7) is 11.1. The minimum atomic E-state index is 0.772. The van der Waals surface area contributed by atoms with Crippen LogP contribution in [0.1, 0.15) is 12.8 Å². The Morgan fingerprint density at radius 1 is 0.625 bits per heavy atom. The zero-order chi connectivity index (χ0) is 11.2. The molecule has 16 heavy (non-hydrogen) atoms. The molecule has 4 heteroatoms. The predicted molar refractivity (Wildman–Crippen MR) is 69.3 cm³/mol. The van der Waals surface area contributed by atoms with Crippen molar-refractivity contribution in [1.82, 2.24) is 14.7 Å². The summed E-state index contributed by atoms with van der Waals surface area (Å²) in [6.07, 6.45) is 2.81. The number of alkyl halides is 1. The third kappa shape index (κ3) is 3.88. The standard InChI is InChI=1S/C12H24ClN3/c13-3-6-15-8-11-16(12-9-15)10-7-14-4-1-2-5-14/h1-12H2. The number of nitrogens with zero attached hydrogens (tertiary/aromatic N) is 3. The van der Waals surface area contributed by atoms with Gasteiger partial charge in [-0.15, -0.1) is 11.6 Å². The van der Waals surface area contributed by atoms with E-state index in [2.05, 4.69) is 14.7 Å². The van der Waals surface area contributed by atoms with E-state index in [1.54, 1.807) is 0 Å². The average Bonchev–Trinajstić information content (AvgIpc) is 2.82. The van der Waals surface area contributed by atoms with Gasteiger partial charge >= 0.3 is 0 Å². The van der Waals surface area contributed by atoms with Crippen LogP contribution in [0.5, 0.6) is 0 Å². The molecule has 0 spiro atoms. The minimum absolute atomic E-state index is 0.772. The fourth-order valence-electron chi connectivity index (χ4n) is 2.65. The van der Waals surface area contributed by atoms with Gasteiger partial charge < -0.3 is 4.90 Å². The largest absolute Gasteiger partial charge is 0.302 e. The lowest BCUT2D eigenvalue weighted by molar-refractivity contribution is 0.127. The Balaban J connectivity index is 1.57. The first kappa shape index (κ1) is 12.6. The number of likely N-dealkylation sites (tertiary alicyclic amines) is 1.